The molecule has 0 spiro atoms. The molecule has 1 aliphatic heterocycles. The summed E-state index contributed by atoms with van der Waals surface area (Å²) in [5.41, 5.74) is 5.43. The van der Waals surface area contributed by atoms with Crippen molar-refractivity contribution in [2.24, 2.45) is 0 Å². The summed E-state index contributed by atoms with van der Waals surface area (Å²) in [6.45, 7) is 4.54. The monoisotopic (exact) mass is 440 g/mol. The van der Waals surface area contributed by atoms with E-state index in [0.717, 1.165) is 22.4 Å². The van der Waals surface area contributed by atoms with Crippen LogP contribution >= 0.6 is 0 Å². The summed E-state index contributed by atoms with van der Waals surface area (Å²) in [6.07, 6.45) is 0.575. The smallest absolute Gasteiger partial charge is 0.337 e. The fraction of sp³-hybridized carbons (Fsp3) is 0.185. The van der Waals surface area contributed by atoms with Crippen LogP contribution in [-0.4, -0.2) is 17.6 Å². The maximum Gasteiger partial charge on any atom is 0.337 e. The first-order valence-electron chi connectivity index (χ1n) is 11.0. The van der Waals surface area contributed by atoms with Crippen LogP contribution in [0.4, 0.5) is 11.4 Å². The average Bonchev–Trinajstić information content (AvgIpc) is 2.99. The summed E-state index contributed by atoms with van der Waals surface area (Å²) in [5, 5.41) is 16.8. The Labute approximate surface area is 190 Å². The van der Waals surface area contributed by atoms with Crippen LogP contribution in [0.25, 0.3) is 22.3 Å². The highest BCUT2D eigenvalue weighted by atomic mass is 16.4. The number of anilines is 2. The molecule has 33 heavy (non-hydrogen) atoms. The lowest BCUT2D eigenvalue weighted by molar-refractivity contribution is 0.0698. The Kier molecular flexibility index (Phi) is 5.13. The summed E-state index contributed by atoms with van der Waals surface area (Å²) >= 11 is 0. The lowest BCUT2D eigenvalue weighted by Gasteiger charge is -2.20. The van der Waals surface area contributed by atoms with E-state index in [-0.39, 0.29) is 17.0 Å². The van der Waals surface area contributed by atoms with Crippen molar-refractivity contribution in [3.05, 3.63) is 93.1 Å². The van der Waals surface area contributed by atoms with Gasteiger partial charge in [0.05, 0.1) is 17.0 Å². The first kappa shape index (κ1) is 20.8. The minimum absolute atomic E-state index is 0.0205. The summed E-state index contributed by atoms with van der Waals surface area (Å²) in [7, 11) is 0. The van der Waals surface area contributed by atoms with E-state index < -0.39 is 5.97 Å². The van der Waals surface area contributed by atoms with Gasteiger partial charge in [0.1, 0.15) is 11.3 Å². The van der Waals surface area contributed by atoms with E-state index in [0.29, 0.717) is 40.9 Å². The van der Waals surface area contributed by atoms with Crippen molar-refractivity contribution >= 4 is 28.3 Å². The van der Waals surface area contributed by atoms with Gasteiger partial charge in [-0.3, -0.25) is 4.79 Å². The highest BCUT2D eigenvalue weighted by Gasteiger charge is 2.24. The standard InChI is InChI=1S/C27H24N2O4/c1-15-13-20(16(2)29-23-10-6-4-8-18(23)27(31)32)26-21(14-15)24(30)19-11-12-28-22-9-5-3-7-17(22)25(19)33-26/h3-10,13-14,16,28-29H,11-12H2,1-2H3,(H,31,32). The van der Waals surface area contributed by atoms with Crippen molar-refractivity contribution in [3.63, 3.8) is 0 Å². The molecule has 5 rings (SSSR count). The number of rotatable bonds is 4. The van der Waals surface area contributed by atoms with E-state index in [1.807, 2.05) is 50.2 Å². The molecule has 6 nitrogen and oxygen atoms in total. The Morgan fingerprint density at radius 3 is 2.70 bits per heavy atom. The van der Waals surface area contributed by atoms with E-state index in [4.69, 9.17) is 4.42 Å². The number of carboxylic acids is 1. The highest BCUT2D eigenvalue weighted by Crippen LogP contribution is 2.36. The number of para-hydroxylation sites is 2. The molecule has 1 atom stereocenters. The number of aryl methyl sites for hydroxylation is 1. The highest BCUT2D eigenvalue weighted by molar-refractivity contribution is 5.94. The largest absolute Gasteiger partial charge is 0.478 e. The Hall–Kier alpha value is -4.06. The molecule has 4 aromatic rings. The van der Waals surface area contributed by atoms with Gasteiger partial charge in [-0.25, -0.2) is 4.79 Å². The molecule has 0 aliphatic carbocycles. The van der Waals surface area contributed by atoms with Crippen molar-refractivity contribution in [2.75, 3.05) is 17.2 Å². The van der Waals surface area contributed by atoms with Crippen LogP contribution < -0.4 is 16.1 Å². The number of nitrogens with one attached hydrogen (secondary N) is 2. The normalized spacial score (nSPS) is 13.4. The zero-order valence-electron chi connectivity index (χ0n) is 18.4. The number of carboxylic acid groups (broad SMARTS) is 1. The number of benzene rings is 3. The van der Waals surface area contributed by atoms with E-state index in [1.54, 1.807) is 24.3 Å². The van der Waals surface area contributed by atoms with Crippen LogP contribution in [0.2, 0.25) is 0 Å². The number of hydrogen-bond acceptors (Lipinski definition) is 5. The van der Waals surface area contributed by atoms with E-state index in [9.17, 15) is 14.7 Å². The maximum absolute atomic E-state index is 13.6. The molecule has 3 N–H and O–H groups in total. The quantitative estimate of drug-likeness (QED) is 0.382. The van der Waals surface area contributed by atoms with E-state index in [2.05, 4.69) is 10.6 Å². The first-order valence-corrected chi connectivity index (χ1v) is 11.0. The third kappa shape index (κ3) is 3.63. The third-order valence-electron chi connectivity index (χ3n) is 6.12. The molecule has 0 radical (unpaired) electrons. The molecule has 1 unspecified atom stereocenters. The topological polar surface area (TPSA) is 91.6 Å². The second-order valence-electron chi connectivity index (χ2n) is 8.41. The van der Waals surface area contributed by atoms with Crippen LogP contribution in [0.15, 0.2) is 69.9 Å². The van der Waals surface area contributed by atoms with Gasteiger partial charge < -0.3 is 20.2 Å². The third-order valence-corrected chi connectivity index (χ3v) is 6.12. The van der Waals surface area contributed by atoms with Crippen LogP contribution in [0.1, 0.15) is 40.0 Å². The fourth-order valence-electron chi connectivity index (χ4n) is 4.54. The Balaban J connectivity index is 1.70. The van der Waals surface area contributed by atoms with Crippen LogP contribution in [0, 0.1) is 6.92 Å². The van der Waals surface area contributed by atoms with Crippen molar-refractivity contribution < 1.29 is 14.3 Å². The molecule has 0 saturated carbocycles. The lowest BCUT2D eigenvalue weighted by Crippen LogP contribution is -2.16. The Morgan fingerprint density at radius 1 is 1.12 bits per heavy atom. The minimum Gasteiger partial charge on any atom is -0.478 e. The zero-order valence-corrected chi connectivity index (χ0v) is 18.4. The van der Waals surface area contributed by atoms with Crippen LogP contribution in [-0.2, 0) is 6.42 Å². The molecule has 0 saturated heterocycles. The summed E-state index contributed by atoms with van der Waals surface area (Å²) in [4.78, 5) is 25.2. The van der Waals surface area contributed by atoms with Gasteiger partial charge in [0.2, 0.25) is 0 Å². The molecule has 2 heterocycles. The molecular formula is C27H24N2O4. The second-order valence-corrected chi connectivity index (χ2v) is 8.41. The van der Waals surface area contributed by atoms with Crippen LogP contribution in [0.5, 0.6) is 0 Å². The predicted molar refractivity (Wildman–Crippen MR) is 130 cm³/mol. The number of hydrogen-bond donors (Lipinski definition) is 3. The van der Waals surface area contributed by atoms with Gasteiger partial charge in [0.15, 0.2) is 5.43 Å². The van der Waals surface area contributed by atoms with Crippen molar-refractivity contribution in [2.45, 2.75) is 26.3 Å². The van der Waals surface area contributed by atoms with Crippen molar-refractivity contribution in [1.82, 2.24) is 0 Å². The summed E-state index contributed by atoms with van der Waals surface area (Å²) < 4.78 is 6.50. The van der Waals surface area contributed by atoms with Crippen molar-refractivity contribution in [3.8, 4) is 11.3 Å². The van der Waals surface area contributed by atoms with Gasteiger partial charge in [0.25, 0.3) is 0 Å². The van der Waals surface area contributed by atoms with E-state index >= 15 is 0 Å². The summed E-state index contributed by atoms with van der Waals surface area (Å²) in [5.74, 6) is -0.406. The van der Waals surface area contributed by atoms with Crippen molar-refractivity contribution in [1.29, 1.82) is 0 Å². The van der Waals surface area contributed by atoms with Gasteiger partial charge in [-0.1, -0.05) is 30.3 Å². The molecule has 0 bridgehead atoms. The molecular weight excluding hydrogens is 416 g/mol. The summed E-state index contributed by atoms with van der Waals surface area (Å²) in [6, 6.07) is 18.2. The fourth-order valence-corrected chi connectivity index (χ4v) is 4.54. The van der Waals surface area contributed by atoms with Gasteiger partial charge >= 0.3 is 5.97 Å². The van der Waals surface area contributed by atoms with Gasteiger partial charge in [-0.2, -0.15) is 0 Å². The second kappa shape index (κ2) is 8.13. The molecule has 166 valence electrons. The Bertz CT molecular complexity index is 1450. The number of carbonyl (C=O) groups is 1. The number of aromatic carboxylic acids is 1. The molecule has 3 aromatic carbocycles. The zero-order chi connectivity index (χ0) is 23.1. The Morgan fingerprint density at radius 2 is 1.88 bits per heavy atom. The van der Waals surface area contributed by atoms with Gasteiger partial charge in [0, 0.05) is 34.6 Å². The SMILES string of the molecule is Cc1cc(C(C)Nc2ccccc2C(=O)O)c2oc3c(c(=O)c2c1)CCNc1ccccc1-3. The first-order chi connectivity index (χ1) is 15.9. The lowest BCUT2D eigenvalue weighted by atomic mass is 9.97. The molecule has 0 amide bonds. The van der Waals surface area contributed by atoms with Crippen LogP contribution in [0.3, 0.4) is 0 Å². The average molecular weight is 440 g/mol. The van der Waals surface area contributed by atoms with Gasteiger partial charge in [-0.15, -0.1) is 0 Å². The molecule has 1 aliphatic rings. The predicted octanol–water partition coefficient (Wildman–Crippen LogP) is 5.61. The minimum atomic E-state index is -1.000. The maximum atomic E-state index is 13.6. The number of fused-ring (bicyclic) bond motifs is 4. The molecule has 6 heteroatoms. The van der Waals surface area contributed by atoms with E-state index in [1.165, 1.54) is 0 Å². The van der Waals surface area contributed by atoms with Gasteiger partial charge in [-0.05, 0) is 56.2 Å². The molecule has 1 aromatic heterocycles. The molecule has 0 fully saturated rings.